The smallest absolute Gasteiger partial charge is 0.150 e. The van der Waals surface area contributed by atoms with Gasteiger partial charge in [0.05, 0.1) is 12.2 Å². The average Bonchev–Trinajstić information content (AvgIpc) is 2.65. The van der Waals surface area contributed by atoms with Crippen molar-refractivity contribution in [2.75, 3.05) is 13.1 Å². The third-order valence-corrected chi connectivity index (χ3v) is 3.06. The standard InChI is InChI=1S/C11H19N3O/c1-9-6-11(15-13-9)8-14-5-3-2-4-10(14)7-12/h6,10H,2-5,7-8,12H2,1H3. The van der Waals surface area contributed by atoms with Gasteiger partial charge >= 0.3 is 0 Å². The number of aromatic nitrogens is 1. The van der Waals surface area contributed by atoms with Gasteiger partial charge in [0.25, 0.3) is 0 Å². The first-order chi connectivity index (χ1) is 7.29. The summed E-state index contributed by atoms with van der Waals surface area (Å²) in [6, 6.07) is 2.52. The molecule has 1 aromatic heterocycles. The van der Waals surface area contributed by atoms with Crippen LogP contribution >= 0.6 is 0 Å². The fraction of sp³-hybridized carbons (Fsp3) is 0.727. The molecule has 1 saturated heterocycles. The van der Waals surface area contributed by atoms with Gasteiger partial charge in [-0.15, -0.1) is 0 Å². The zero-order valence-electron chi connectivity index (χ0n) is 9.28. The SMILES string of the molecule is Cc1cc(CN2CCCCC2CN)on1. The van der Waals surface area contributed by atoms with Crippen LogP contribution < -0.4 is 5.73 Å². The minimum atomic E-state index is 0.518. The number of nitrogens with two attached hydrogens (primary N) is 1. The van der Waals surface area contributed by atoms with E-state index < -0.39 is 0 Å². The highest BCUT2D eigenvalue weighted by atomic mass is 16.5. The number of likely N-dealkylation sites (tertiary alicyclic amines) is 1. The van der Waals surface area contributed by atoms with Crippen LogP contribution in [0.25, 0.3) is 0 Å². The van der Waals surface area contributed by atoms with E-state index in [4.69, 9.17) is 10.3 Å². The van der Waals surface area contributed by atoms with E-state index in [2.05, 4.69) is 10.1 Å². The summed E-state index contributed by atoms with van der Waals surface area (Å²) in [4.78, 5) is 2.41. The van der Waals surface area contributed by atoms with E-state index in [1.54, 1.807) is 0 Å². The van der Waals surface area contributed by atoms with Crippen LogP contribution in [0.2, 0.25) is 0 Å². The van der Waals surface area contributed by atoms with Gasteiger partial charge in [0.15, 0.2) is 5.76 Å². The maximum atomic E-state index is 5.76. The van der Waals surface area contributed by atoms with E-state index in [9.17, 15) is 0 Å². The van der Waals surface area contributed by atoms with E-state index in [1.807, 2.05) is 13.0 Å². The van der Waals surface area contributed by atoms with E-state index in [-0.39, 0.29) is 0 Å². The zero-order chi connectivity index (χ0) is 10.7. The fourth-order valence-corrected chi connectivity index (χ4v) is 2.23. The van der Waals surface area contributed by atoms with E-state index in [0.29, 0.717) is 6.04 Å². The minimum absolute atomic E-state index is 0.518. The van der Waals surface area contributed by atoms with Crippen molar-refractivity contribution in [1.82, 2.24) is 10.1 Å². The highest BCUT2D eigenvalue weighted by Crippen LogP contribution is 2.19. The maximum Gasteiger partial charge on any atom is 0.150 e. The Morgan fingerprint density at radius 3 is 3.13 bits per heavy atom. The van der Waals surface area contributed by atoms with Gasteiger partial charge in [0.1, 0.15) is 0 Å². The molecule has 0 aromatic carbocycles. The van der Waals surface area contributed by atoms with Gasteiger partial charge < -0.3 is 10.3 Å². The topological polar surface area (TPSA) is 55.3 Å². The molecule has 1 aliphatic heterocycles. The summed E-state index contributed by atoms with van der Waals surface area (Å²) in [5, 5.41) is 3.90. The Balaban J connectivity index is 1.97. The second kappa shape index (κ2) is 4.77. The molecule has 0 saturated carbocycles. The molecular weight excluding hydrogens is 190 g/mol. The van der Waals surface area contributed by atoms with E-state index >= 15 is 0 Å². The summed E-state index contributed by atoms with van der Waals surface area (Å²) in [5.41, 5.74) is 6.71. The third-order valence-electron chi connectivity index (χ3n) is 3.06. The number of rotatable bonds is 3. The molecule has 0 bridgehead atoms. The number of nitrogens with zero attached hydrogens (tertiary/aromatic N) is 2. The normalized spacial score (nSPS) is 23.2. The Labute approximate surface area is 90.4 Å². The van der Waals surface area contributed by atoms with Crippen molar-refractivity contribution < 1.29 is 4.52 Å². The highest BCUT2D eigenvalue weighted by Gasteiger charge is 2.22. The predicted octanol–water partition coefficient (Wildman–Crippen LogP) is 1.30. The molecule has 2 heterocycles. The second-order valence-electron chi connectivity index (χ2n) is 4.29. The van der Waals surface area contributed by atoms with Crippen molar-refractivity contribution in [3.63, 3.8) is 0 Å². The van der Waals surface area contributed by atoms with Crippen molar-refractivity contribution in [2.45, 2.75) is 38.8 Å². The van der Waals surface area contributed by atoms with Gasteiger partial charge in [-0.2, -0.15) is 0 Å². The molecule has 0 aliphatic carbocycles. The first-order valence-corrected chi connectivity index (χ1v) is 5.66. The number of aryl methyl sites for hydroxylation is 1. The molecule has 2 rings (SSSR count). The maximum absolute atomic E-state index is 5.76. The molecular formula is C11H19N3O. The predicted molar refractivity (Wildman–Crippen MR) is 58.3 cm³/mol. The van der Waals surface area contributed by atoms with Crippen LogP contribution in [0.15, 0.2) is 10.6 Å². The lowest BCUT2D eigenvalue weighted by atomic mass is 10.0. The summed E-state index contributed by atoms with van der Waals surface area (Å²) in [6.07, 6.45) is 3.78. The quantitative estimate of drug-likeness (QED) is 0.815. The summed E-state index contributed by atoms with van der Waals surface area (Å²) in [7, 11) is 0. The first kappa shape index (κ1) is 10.6. The molecule has 2 N–H and O–H groups in total. The Hall–Kier alpha value is -0.870. The molecule has 1 unspecified atom stereocenters. The molecule has 4 heteroatoms. The number of hydrogen-bond donors (Lipinski definition) is 1. The van der Waals surface area contributed by atoms with Crippen molar-refractivity contribution in [3.8, 4) is 0 Å². The lowest BCUT2D eigenvalue weighted by Gasteiger charge is -2.34. The van der Waals surface area contributed by atoms with Crippen molar-refractivity contribution in [3.05, 3.63) is 17.5 Å². The highest BCUT2D eigenvalue weighted by molar-refractivity contribution is 5.03. The number of piperidine rings is 1. The Kier molecular flexibility index (Phi) is 3.38. The Morgan fingerprint density at radius 1 is 1.60 bits per heavy atom. The first-order valence-electron chi connectivity index (χ1n) is 5.66. The Bertz CT molecular complexity index is 311. The van der Waals surface area contributed by atoms with Crippen LogP contribution in [0.5, 0.6) is 0 Å². The molecule has 0 radical (unpaired) electrons. The second-order valence-corrected chi connectivity index (χ2v) is 4.29. The monoisotopic (exact) mass is 209 g/mol. The van der Waals surface area contributed by atoms with Gasteiger partial charge in [0, 0.05) is 18.7 Å². The number of hydrogen-bond acceptors (Lipinski definition) is 4. The van der Waals surface area contributed by atoms with Crippen LogP contribution in [0.3, 0.4) is 0 Å². The fourth-order valence-electron chi connectivity index (χ4n) is 2.23. The van der Waals surface area contributed by atoms with Crippen LogP contribution in [0.1, 0.15) is 30.7 Å². The minimum Gasteiger partial charge on any atom is -0.360 e. The van der Waals surface area contributed by atoms with Crippen LogP contribution in [0, 0.1) is 6.92 Å². The molecule has 1 aliphatic rings. The molecule has 0 spiro atoms. The Morgan fingerprint density at radius 2 is 2.47 bits per heavy atom. The van der Waals surface area contributed by atoms with E-state index in [0.717, 1.165) is 31.1 Å². The van der Waals surface area contributed by atoms with Gasteiger partial charge in [0.2, 0.25) is 0 Å². The zero-order valence-corrected chi connectivity index (χ0v) is 9.28. The lowest BCUT2D eigenvalue weighted by Crippen LogP contribution is -2.43. The van der Waals surface area contributed by atoms with Crippen molar-refractivity contribution in [2.24, 2.45) is 5.73 Å². The summed E-state index contributed by atoms with van der Waals surface area (Å²) in [6.45, 7) is 4.67. The largest absolute Gasteiger partial charge is 0.360 e. The molecule has 0 amide bonds. The van der Waals surface area contributed by atoms with Gasteiger partial charge in [-0.25, -0.2) is 0 Å². The molecule has 15 heavy (non-hydrogen) atoms. The van der Waals surface area contributed by atoms with Gasteiger partial charge in [-0.1, -0.05) is 11.6 Å². The van der Waals surface area contributed by atoms with Gasteiger partial charge in [-0.3, -0.25) is 4.90 Å². The van der Waals surface area contributed by atoms with E-state index in [1.165, 1.54) is 19.3 Å². The lowest BCUT2D eigenvalue weighted by molar-refractivity contribution is 0.130. The van der Waals surface area contributed by atoms with Crippen LogP contribution in [-0.2, 0) is 6.54 Å². The molecule has 1 fully saturated rings. The molecule has 1 atom stereocenters. The molecule has 1 aromatic rings. The van der Waals surface area contributed by atoms with Crippen molar-refractivity contribution in [1.29, 1.82) is 0 Å². The third kappa shape index (κ3) is 2.58. The van der Waals surface area contributed by atoms with Crippen LogP contribution in [0.4, 0.5) is 0 Å². The van der Waals surface area contributed by atoms with Crippen molar-refractivity contribution >= 4 is 0 Å². The van der Waals surface area contributed by atoms with Crippen LogP contribution in [-0.4, -0.2) is 29.2 Å². The summed E-state index contributed by atoms with van der Waals surface area (Å²) in [5.74, 6) is 0.952. The summed E-state index contributed by atoms with van der Waals surface area (Å²) >= 11 is 0. The average molecular weight is 209 g/mol. The molecule has 84 valence electrons. The summed E-state index contributed by atoms with van der Waals surface area (Å²) < 4.78 is 5.23. The van der Waals surface area contributed by atoms with Gasteiger partial charge in [-0.05, 0) is 26.3 Å². The molecule has 4 nitrogen and oxygen atoms in total.